The molecule has 0 saturated heterocycles. The predicted octanol–water partition coefficient (Wildman–Crippen LogP) is 4.42. The lowest BCUT2D eigenvalue weighted by atomic mass is 10.1. The molecule has 0 aromatic heterocycles. The van der Waals surface area contributed by atoms with Crippen molar-refractivity contribution in [1.82, 2.24) is 10.2 Å². The van der Waals surface area contributed by atoms with E-state index >= 15 is 0 Å². The molecule has 0 aliphatic heterocycles. The lowest BCUT2D eigenvalue weighted by Crippen LogP contribution is -2.50. The second-order valence-electron chi connectivity index (χ2n) is 7.10. The fraction of sp³-hybridized carbons (Fsp3) is 0.391. The first-order chi connectivity index (χ1) is 13.4. The van der Waals surface area contributed by atoms with Crippen LogP contribution in [0.25, 0.3) is 0 Å². The first-order valence-corrected chi connectivity index (χ1v) is 10.7. The number of amides is 2. The van der Waals surface area contributed by atoms with Gasteiger partial charge in [-0.2, -0.15) is 0 Å². The molecule has 28 heavy (non-hydrogen) atoms. The molecule has 0 aliphatic carbocycles. The molecule has 2 aromatic rings. The van der Waals surface area contributed by atoms with Gasteiger partial charge >= 0.3 is 0 Å². The van der Waals surface area contributed by atoms with Crippen LogP contribution < -0.4 is 5.32 Å². The third kappa shape index (κ3) is 6.71. The van der Waals surface area contributed by atoms with Crippen LogP contribution >= 0.6 is 11.8 Å². The van der Waals surface area contributed by atoms with Crippen LogP contribution in [0.15, 0.2) is 59.5 Å². The van der Waals surface area contributed by atoms with Gasteiger partial charge in [-0.1, -0.05) is 55.0 Å². The van der Waals surface area contributed by atoms with Gasteiger partial charge in [0.1, 0.15) is 6.04 Å². The maximum absolute atomic E-state index is 13.0. The topological polar surface area (TPSA) is 49.4 Å². The number of hydrogen-bond acceptors (Lipinski definition) is 3. The zero-order chi connectivity index (χ0) is 20.5. The molecule has 0 heterocycles. The van der Waals surface area contributed by atoms with Gasteiger partial charge in [0.15, 0.2) is 0 Å². The fourth-order valence-corrected chi connectivity index (χ4v) is 3.48. The molecule has 0 aliphatic rings. The van der Waals surface area contributed by atoms with Crippen molar-refractivity contribution in [3.05, 3.63) is 65.7 Å². The molecule has 0 fully saturated rings. The molecule has 150 valence electrons. The zero-order valence-electron chi connectivity index (χ0n) is 17.1. The van der Waals surface area contributed by atoms with Gasteiger partial charge in [0.25, 0.3) is 0 Å². The molecule has 5 heteroatoms. The van der Waals surface area contributed by atoms with E-state index in [1.54, 1.807) is 11.8 Å². The molecule has 0 radical (unpaired) electrons. The van der Waals surface area contributed by atoms with E-state index in [-0.39, 0.29) is 17.9 Å². The second-order valence-corrected chi connectivity index (χ2v) is 8.15. The standard InChI is InChI=1S/C23H30N2O2S/c1-5-18(3)24-23(27)19(4)25(15-20-9-7-6-8-10-20)22(26)16-28-21-13-11-17(2)12-14-21/h6-14,18-19H,5,15-16H2,1-4H3,(H,24,27)/t18-,19-/m0/s1. The van der Waals surface area contributed by atoms with Crippen LogP contribution in [0.4, 0.5) is 0 Å². The average molecular weight is 399 g/mol. The number of nitrogens with one attached hydrogen (secondary N) is 1. The highest BCUT2D eigenvalue weighted by atomic mass is 32.2. The Morgan fingerprint density at radius 3 is 2.29 bits per heavy atom. The van der Waals surface area contributed by atoms with Crippen molar-refractivity contribution in [1.29, 1.82) is 0 Å². The summed E-state index contributed by atoms with van der Waals surface area (Å²) in [6.45, 7) is 8.26. The number of benzene rings is 2. The molecule has 4 nitrogen and oxygen atoms in total. The minimum absolute atomic E-state index is 0.0405. The fourth-order valence-electron chi connectivity index (χ4n) is 2.69. The van der Waals surface area contributed by atoms with Crippen molar-refractivity contribution < 1.29 is 9.59 Å². The Labute approximate surface area is 172 Å². The molecule has 2 atom stereocenters. The first kappa shape index (κ1) is 22.0. The first-order valence-electron chi connectivity index (χ1n) is 9.74. The van der Waals surface area contributed by atoms with Crippen molar-refractivity contribution in [2.45, 2.75) is 57.6 Å². The van der Waals surface area contributed by atoms with Crippen molar-refractivity contribution in [3.8, 4) is 0 Å². The van der Waals surface area contributed by atoms with Crippen molar-refractivity contribution in [2.75, 3.05) is 5.75 Å². The maximum Gasteiger partial charge on any atom is 0.242 e. The number of nitrogens with zero attached hydrogens (tertiary/aromatic N) is 1. The number of rotatable bonds is 9. The molecule has 0 saturated carbocycles. The van der Waals surface area contributed by atoms with E-state index in [2.05, 4.69) is 5.32 Å². The molecular weight excluding hydrogens is 368 g/mol. The van der Waals surface area contributed by atoms with E-state index in [9.17, 15) is 9.59 Å². The smallest absolute Gasteiger partial charge is 0.242 e. The maximum atomic E-state index is 13.0. The Bertz CT molecular complexity index is 762. The molecule has 0 bridgehead atoms. The van der Waals surface area contributed by atoms with Gasteiger partial charge in [0.05, 0.1) is 5.75 Å². The van der Waals surface area contributed by atoms with Gasteiger partial charge in [-0.25, -0.2) is 0 Å². The van der Waals surface area contributed by atoms with E-state index in [0.717, 1.165) is 16.9 Å². The summed E-state index contributed by atoms with van der Waals surface area (Å²) in [5.41, 5.74) is 2.20. The van der Waals surface area contributed by atoms with Crippen molar-refractivity contribution >= 4 is 23.6 Å². The summed E-state index contributed by atoms with van der Waals surface area (Å²) in [6.07, 6.45) is 0.856. The summed E-state index contributed by atoms with van der Waals surface area (Å²) < 4.78 is 0. The monoisotopic (exact) mass is 398 g/mol. The Balaban J connectivity index is 2.10. The Morgan fingerprint density at radius 1 is 1.04 bits per heavy atom. The van der Waals surface area contributed by atoms with Gasteiger partial charge in [0, 0.05) is 17.5 Å². The highest BCUT2D eigenvalue weighted by Crippen LogP contribution is 2.20. The molecule has 0 spiro atoms. The summed E-state index contributed by atoms with van der Waals surface area (Å²) in [4.78, 5) is 28.4. The van der Waals surface area contributed by atoms with Crippen LogP contribution in [0.5, 0.6) is 0 Å². The number of carbonyl (C=O) groups is 2. The number of aryl methyl sites for hydroxylation is 1. The number of hydrogen-bond donors (Lipinski definition) is 1. The van der Waals surface area contributed by atoms with E-state index in [0.29, 0.717) is 12.3 Å². The SMILES string of the molecule is CC[C@H](C)NC(=O)[C@H](C)N(Cc1ccccc1)C(=O)CSc1ccc(C)cc1. The van der Waals surface area contributed by atoms with Crippen LogP contribution in [0.1, 0.15) is 38.3 Å². The van der Waals surface area contributed by atoms with E-state index < -0.39 is 6.04 Å². The Morgan fingerprint density at radius 2 is 1.68 bits per heavy atom. The quantitative estimate of drug-likeness (QED) is 0.636. The van der Waals surface area contributed by atoms with Crippen molar-refractivity contribution in [3.63, 3.8) is 0 Å². The molecule has 2 amide bonds. The van der Waals surface area contributed by atoms with E-state index in [1.807, 2.05) is 75.4 Å². The van der Waals surface area contributed by atoms with Crippen LogP contribution in [0, 0.1) is 6.92 Å². The third-order valence-corrected chi connectivity index (χ3v) is 5.74. The average Bonchev–Trinajstić information content (AvgIpc) is 2.71. The minimum atomic E-state index is -0.527. The van der Waals surface area contributed by atoms with Crippen LogP contribution in [0.3, 0.4) is 0 Å². The van der Waals surface area contributed by atoms with Crippen LogP contribution in [-0.4, -0.2) is 34.6 Å². The van der Waals surface area contributed by atoms with Gasteiger partial charge in [0.2, 0.25) is 11.8 Å². The van der Waals surface area contributed by atoms with Gasteiger partial charge in [-0.05, 0) is 44.9 Å². The lowest BCUT2D eigenvalue weighted by molar-refractivity contribution is -0.138. The lowest BCUT2D eigenvalue weighted by Gasteiger charge is -2.29. The Hall–Kier alpha value is -2.27. The molecule has 0 unspecified atom stereocenters. The second kappa shape index (κ2) is 10.9. The molecule has 2 rings (SSSR count). The van der Waals surface area contributed by atoms with E-state index in [1.165, 1.54) is 17.3 Å². The van der Waals surface area contributed by atoms with Crippen LogP contribution in [0.2, 0.25) is 0 Å². The summed E-state index contributed by atoms with van der Waals surface area (Å²) >= 11 is 1.50. The zero-order valence-corrected chi connectivity index (χ0v) is 18.0. The third-order valence-electron chi connectivity index (χ3n) is 4.75. The summed E-state index contributed by atoms with van der Waals surface area (Å²) in [5, 5.41) is 2.99. The van der Waals surface area contributed by atoms with Gasteiger partial charge in [-0.15, -0.1) is 11.8 Å². The normalized spacial score (nSPS) is 12.9. The minimum Gasteiger partial charge on any atom is -0.352 e. The number of thioether (sulfide) groups is 1. The summed E-state index contributed by atoms with van der Waals surface area (Å²) in [7, 11) is 0. The largest absolute Gasteiger partial charge is 0.352 e. The summed E-state index contributed by atoms with van der Waals surface area (Å²) in [6, 6.07) is 17.5. The van der Waals surface area contributed by atoms with Crippen molar-refractivity contribution in [2.24, 2.45) is 0 Å². The summed E-state index contributed by atoms with van der Waals surface area (Å²) in [5.74, 6) is 0.150. The van der Waals surface area contributed by atoms with Gasteiger partial charge < -0.3 is 10.2 Å². The predicted molar refractivity (Wildman–Crippen MR) is 116 cm³/mol. The van der Waals surface area contributed by atoms with Gasteiger partial charge in [-0.3, -0.25) is 9.59 Å². The number of carbonyl (C=O) groups excluding carboxylic acids is 2. The highest BCUT2D eigenvalue weighted by Gasteiger charge is 2.26. The highest BCUT2D eigenvalue weighted by molar-refractivity contribution is 8.00. The van der Waals surface area contributed by atoms with E-state index in [4.69, 9.17) is 0 Å². The Kier molecular flexibility index (Phi) is 8.58. The molecule has 2 aromatic carbocycles. The molecule has 1 N–H and O–H groups in total. The van der Waals surface area contributed by atoms with Crippen LogP contribution in [-0.2, 0) is 16.1 Å². The molecular formula is C23H30N2O2S.